The quantitative estimate of drug-likeness (QED) is 0.287. The highest BCUT2D eigenvalue weighted by atomic mass is 16.5. The molecule has 0 saturated heterocycles. The highest BCUT2D eigenvalue weighted by Gasteiger charge is 2.36. The summed E-state index contributed by atoms with van der Waals surface area (Å²) >= 11 is 0. The lowest BCUT2D eigenvalue weighted by Gasteiger charge is -2.31. The van der Waals surface area contributed by atoms with Crippen molar-refractivity contribution >= 4 is 11.7 Å². The molecule has 6 rings (SSSR count). The summed E-state index contributed by atoms with van der Waals surface area (Å²) < 4.78 is 9.57. The van der Waals surface area contributed by atoms with E-state index in [1.807, 2.05) is 96.2 Å². The second-order valence-electron chi connectivity index (χ2n) is 9.99. The van der Waals surface area contributed by atoms with Crippen LogP contribution >= 0.6 is 0 Å². The SMILES string of the molecule is COc1ccc([C@@H]2c3cccn3-c3c(c(C)nn3-c3ccccc3)CN2C(=O)Nc2ccc(C)cc2C)cc1. The topological polar surface area (TPSA) is 64.3 Å². The number of nitrogens with one attached hydrogen (secondary N) is 1. The van der Waals surface area contributed by atoms with Crippen LogP contribution in [0.25, 0.3) is 11.5 Å². The number of hydrogen-bond donors (Lipinski definition) is 1. The van der Waals surface area contributed by atoms with Crippen molar-refractivity contribution in [3.8, 4) is 17.3 Å². The third kappa shape index (κ3) is 4.36. The number of aryl methyl sites for hydroxylation is 3. The second kappa shape index (κ2) is 9.83. The normalized spacial score (nSPS) is 14.4. The number of rotatable bonds is 4. The largest absolute Gasteiger partial charge is 0.497 e. The monoisotopic (exact) mass is 517 g/mol. The molecule has 0 bridgehead atoms. The minimum atomic E-state index is -0.340. The Morgan fingerprint density at radius 2 is 1.72 bits per heavy atom. The number of fused-ring (bicyclic) bond motifs is 3. The first kappa shape index (κ1) is 24.6. The van der Waals surface area contributed by atoms with Crippen molar-refractivity contribution in [1.29, 1.82) is 0 Å². The summed E-state index contributed by atoms with van der Waals surface area (Å²) in [5.41, 5.74) is 7.81. The fraction of sp³-hybridized carbons (Fsp3) is 0.188. The molecule has 0 fully saturated rings. The van der Waals surface area contributed by atoms with Gasteiger partial charge in [0.15, 0.2) is 0 Å². The number of amides is 2. The zero-order valence-corrected chi connectivity index (χ0v) is 22.6. The van der Waals surface area contributed by atoms with Crippen molar-refractivity contribution in [3.63, 3.8) is 0 Å². The van der Waals surface area contributed by atoms with Gasteiger partial charge in [0.1, 0.15) is 11.6 Å². The van der Waals surface area contributed by atoms with E-state index in [9.17, 15) is 4.79 Å². The van der Waals surface area contributed by atoms with Gasteiger partial charge in [0.05, 0.1) is 36.8 Å². The summed E-state index contributed by atoms with van der Waals surface area (Å²) in [6.07, 6.45) is 2.05. The lowest BCUT2D eigenvalue weighted by molar-refractivity contribution is 0.194. The van der Waals surface area contributed by atoms with Gasteiger partial charge >= 0.3 is 6.03 Å². The lowest BCUT2D eigenvalue weighted by Crippen LogP contribution is -2.38. The third-order valence-corrected chi connectivity index (χ3v) is 7.40. The van der Waals surface area contributed by atoms with Gasteiger partial charge in [-0.3, -0.25) is 0 Å². The van der Waals surface area contributed by atoms with Crippen molar-refractivity contribution in [2.24, 2.45) is 0 Å². The van der Waals surface area contributed by atoms with Crippen LogP contribution in [0.5, 0.6) is 5.75 Å². The van der Waals surface area contributed by atoms with Gasteiger partial charge in [-0.1, -0.05) is 48.0 Å². The Morgan fingerprint density at radius 3 is 2.44 bits per heavy atom. The number of benzene rings is 3. The molecule has 1 aliphatic heterocycles. The van der Waals surface area contributed by atoms with Crippen LogP contribution in [0.15, 0.2) is 91.1 Å². The van der Waals surface area contributed by atoms with Gasteiger partial charge in [-0.05, 0) is 74.4 Å². The molecule has 39 heavy (non-hydrogen) atoms. The van der Waals surface area contributed by atoms with E-state index in [-0.39, 0.29) is 12.1 Å². The first-order valence-corrected chi connectivity index (χ1v) is 13.0. The van der Waals surface area contributed by atoms with Crippen LogP contribution in [-0.2, 0) is 6.54 Å². The van der Waals surface area contributed by atoms with E-state index in [4.69, 9.17) is 9.84 Å². The molecule has 0 unspecified atom stereocenters. The molecule has 7 heteroatoms. The number of carbonyl (C=O) groups excluding carboxylic acids is 1. The molecule has 0 radical (unpaired) electrons. The highest BCUT2D eigenvalue weighted by molar-refractivity contribution is 5.91. The van der Waals surface area contributed by atoms with Crippen molar-refractivity contribution in [2.75, 3.05) is 12.4 Å². The van der Waals surface area contributed by atoms with E-state index >= 15 is 0 Å². The maximum Gasteiger partial charge on any atom is 0.322 e. The molecule has 7 nitrogen and oxygen atoms in total. The molecule has 2 amide bonds. The fourth-order valence-electron chi connectivity index (χ4n) is 5.43. The summed E-state index contributed by atoms with van der Waals surface area (Å²) in [7, 11) is 1.66. The number of hydrogen-bond acceptors (Lipinski definition) is 3. The first-order valence-electron chi connectivity index (χ1n) is 13.0. The van der Waals surface area contributed by atoms with E-state index in [0.29, 0.717) is 6.54 Å². The van der Waals surface area contributed by atoms with Crippen LogP contribution in [0.2, 0.25) is 0 Å². The van der Waals surface area contributed by atoms with Gasteiger partial charge in [0.25, 0.3) is 0 Å². The number of carbonyl (C=O) groups is 1. The molecular formula is C32H31N5O2. The minimum absolute atomic E-state index is 0.171. The van der Waals surface area contributed by atoms with Gasteiger partial charge in [-0.2, -0.15) is 5.10 Å². The maximum atomic E-state index is 14.1. The molecule has 2 aromatic heterocycles. The molecule has 1 aliphatic rings. The van der Waals surface area contributed by atoms with E-state index in [2.05, 4.69) is 35.1 Å². The molecule has 0 saturated carbocycles. The van der Waals surface area contributed by atoms with Crippen molar-refractivity contribution in [3.05, 3.63) is 125 Å². The second-order valence-corrected chi connectivity index (χ2v) is 9.99. The summed E-state index contributed by atoms with van der Waals surface area (Å²) in [5, 5.41) is 8.12. The molecule has 0 aliphatic carbocycles. The average molecular weight is 518 g/mol. The molecule has 0 spiro atoms. The number of urea groups is 1. The van der Waals surface area contributed by atoms with Gasteiger partial charge in [0.2, 0.25) is 0 Å². The molecule has 1 N–H and O–H groups in total. The number of nitrogens with zero attached hydrogens (tertiary/aromatic N) is 4. The van der Waals surface area contributed by atoms with E-state index in [1.54, 1.807) is 7.11 Å². The predicted molar refractivity (Wildman–Crippen MR) is 153 cm³/mol. The Morgan fingerprint density at radius 1 is 0.949 bits per heavy atom. The minimum Gasteiger partial charge on any atom is -0.497 e. The molecule has 196 valence electrons. The first-order chi connectivity index (χ1) is 18.9. The molecule has 3 aromatic carbocycles. The number of anilines is 1. The van der Waals surface area contributed by atoms with E-state index in [0.717, 1.165) is 56.6 Å². The van der Waals surface area contributed by atoms with Crippen LogP contribution in [0.3, 0.4) is 0 Å². The number of methoxy groups -OCH3 is 1. The summed E-state index contributed by atoms with van der Waals surface area (Å²) in [6.45, 7) is 6.47. The summed E-state index contributed by atoms with van der Waals surface area (Å²) in [5.74, 6) is 1.71. The summed E-state index contributed by atoms with van der Waals surface area (Å²) in [6, 6.07) is 27.7. The Balaban J connectivity index is 1.52. The standard InChI is InChI=1S/C32H31N5O2/c1-21-12-17-28(22(2)19-21)33-32(38)36-20-27-23(3)34-37(25-9-6-5-7-10-25)31(27)35-18-8-11-29(35)30(36)24-13-15-26(39-4)16-14-24/h5-19,30H,20H2,1-4H3,(H,33,38)/t30-/m1/s1. The number of para-hydroxylation sites is 1. The van der Waals surface area contributed by atoms with Crippen LogP contribution in [0.1, 0.15) is 39.7 Å². The predicted octanol–water partition coefficient (Wildman–Crippen LogP) is 6.73. The highest BCUT2D eigenvalue weighted by Crippen LogP contribution is 2.39. The number of ether oxygens (including phenoxy) is 1. The van der Waals surface area contributed by atoms with Crippen molar-refractivity contribution < 1.29 is 9.53 Å². The molecule has 5 aromatic rings. The van der Waals surface area contributed by atoms with Crippen LogP contribution in [-0.4, -0.2) is 32.4 Å². The van der Waals surface area contributed by atoms with Crippen LogP contribution < -0.4 is 10.1 Å². The van der Waals surface area contributed by atoms with E-state index < -0.39 is 0 Å². The van der Waals surface area contributed by atoms with Gasteiger partial charge in [0, 0.05) is 17.4 Å². The van der Waals surface area contributed by atoms with Gasteiger partial charge in [-0.15, -0.1) is 0 Å². The molecule has 3 heterocycles. The third-order valence-electron chi connectivity index (χ3n) is 7.40. The maximum absolute atomic E-state index is 14.1. The lowest BCUT2D eigenvalue weighted by atomic mass is 10.0. The Labute approximate surface area is 228 Å². The Hall–Kier alpha value is -4.78. The van der Waals surface area contributed by atoms with Crippen molar-refractivity contribution in [1.82, 2.24) is 19.2 Å². The van der Waals surface area contributed by atoms with Crippen molar-refractivity contribution in [2.45, 2.75) is 33.4 Å². The van der Waals surface area contributed by atoms with E-state index in [1.165, 1.54) is 0 Å². The summed E-state index contributed by atoms with van der Waals surface area (Å²) in [4.78, 5) is 16.1. The fourth-order valence-corrected chi connectivity index (χ4v) is 5.43. The zero-order chi connectivity index (χ0) is 27.1. The smallest absolute Gasteiger partial charge is 0.322 e. The van der Waals surface area contributed by atoms with Gasteiger partial charge in [-0.25, -0.2) is 9.48 Å². The Kier molecular flexibility index (Phi) is 6.19. The van der Waals surface area contributed by atoms with Crippen LogP contribution in [0.4, 0.5) is 10.5 Å². The molecular weight excluding hydrogens is 486 g/mol. The Bertz CT molecular complexity index is 1650. The average Bonchev–Trinajstić information content (AvgIpc) is 3.51. The van der Waals surface area contributed by atoms with Gasteiger partial charge < -0.3 is 19.5 Å². The van der Waals surface area contributed by atoms with Crippen LogP contribution in [0, 0.1) is 20.8 Å². The molecule has 1 atom stereocenters. The zero-order valence-electron chi connectivity index (χ0n) is 22.6. The number of aromatic nitrogens is 3.